The molecule has 0 radical (unpaired) electrons. The molecule has 1 aliphatic rings. The number of carbonyl (C=O) groups excluding carboxylic acids is 2. The van der Waals surface area contributed by atoms with E-state index in [1.165, 1.54) is 11.1 Å². The Hall–Kier alpha value is -2.08. The fraction of sp³-hybridized carbons (Fsp3) is 0.619. The number of hydrogen-bond acceptors (Lipinski definition) is 2. The SMILES string of the molecule is CC(C)c1ccc(C[NH+]2CCN(C(=O)CCCCCNC(N)=O)CC2)cc1. The van der Waals surface area contributed by atoms with E-state index < -0.39 is 6.03 Å². The maximum absolute atomic E-state index is 12.3. The van der Waals surface area contributed by atoms with E-state index in [2.05, 4.69) is 43.4 Å². The number of rotatable bonds is 9. The summed E-state index contributed by atoms with van der Waals surface area (Å²) in [6.45, 7) is 9.78. The molecule has 3 amide bonds. The van der Waals surface area contributed by atoms with Crippen LogP contribution in [0, 0.1) is 0 Å². The van der Waals surface area contributed by atoms with Crippen LogP contribution >= 0.6 is 0 Å². The summed E-state index contributed by atoms with van der Waals surface area (Å²) in [5, 5.41) is 2.57. The van der Waals surface area contributed by atoms with Gasteiger partial charge in [-0.1, -0.05) is 44.5 Å². The van der Waals surface area contributed by atoms with E-state index in [1.807, 2.05) is 4.90 Å². The number of hydrogen-bond donors (Lipinski definition) is 3. The lowest BCUT2D eigenvalue weighted by Gasteiger charge is -2.32. The van der Waals surface area contributed by atoms with E-state index in [0.29, 0.717) is 18.9 Å². The first-order valence-electron chi connectivity index (χ1n) is 10.2. The third-order valence-electron chi connectivity index (χ3n) is 5.29. The van der Waals surface area contributed by atoms with Gasteiger partial charge in [-0.05, 0) is 24.3 Å². The molecular weight excluding hydrogens is 340 g/mol. The first-order valence-corrected chi connectivity index (χ1v) is 10.2. The molecule has 2 rings (SSSR count). The number of nitrogens with two attached hydrogens (primary N) is 1. The van der Waals surface area contributed by atoms with Crippen LogP contribution in [-0.4, -0.2) is 49.6 Å². The van der Waals surface area contributed by atoms with Gasteiger partial charge < -0.3 is 20.9 Å². The van der Waals surface area contributed by atoms with Crippen LogP contribution in [0.2, 0.25) is 0 Å². The summed E-state index contributed by atoms with van der Waals surface area (Å²) in [5.74, 6) is 0.832. The average Bonchev–Trinajstić information content (AvgIpc) is 2.65. The fourth-order valence-electron chi connectivity index (χ4n) is 3.51. The maximum Gasteiger partial charge on any atom is 0.312 e. The van der Waals surface area contributed by atoms with Crippen LogP contribution in [0.25, 0.3) is 0 Å². The number of amides is 3. The molecule has 1 aromatic carbocycles. The Labute approximate surface area is 163 Å². The second-order valence-electron chi connectivity index (χ2n) is 7.81. The normalized spacial score (nSPS) is 15.1. The zero-order valence-corrected chi connectivity index (χ0v) is 16.8. The van der Waals surface area contributed by atoms with Crippen molar-refractivity contribution in [1.29, 1.82) is 0 Å². The van der Waals surface area contributed by atoms with Crippen LogP contribution in [0.3, 0.4) is 0 Å². The molecule has 1 saturated heterocycles. The number of urea groups is 1. The van der Waals surface area contributed by atoms with Crippen LogP contribution in [0.5, 0.6) is 0 Å². The van der Waals surface area contributed by atoms with Crippen molar-refractivity contribution in [1.82, 2.24) is 10.2 Å². The van der Waals surface area contributed by atoms with Gasteiger partial charge in [0.05, 0.1) is 26.2 Å². The van der Waals surface area contributed by atoms with Gasteiger partial charge in [0, 0.05) is 18.5 Å². The van der Waals surface area contributed by atoms with Gasteiger partial charge in [0.1, 0.15) is 6.54 Å². The summed E-state index contributed by atoms with van der Waals surface area (Å²) in [7, 11) is 0. The summed E-state index contributed by atoms with van der Waals surface area (Å²) in [6, 6.07) is 8.47. The molecule has 6 heteroatoms. The van der Waals surface area contributed by atoms with Gasteiger partial charge in [-0.2, -0.15) is 0 Å². The predicted molar refractivity (Wildman–Crippen MR) is 108 cm³/mol. The number of primary amides is 1. The Kier molecular flexibility index (Phi) is 8.58. The zero-order chi connectivity index (χ0) is 19.6. The van der Waals surface area contributed by atoms with Crippen molar-refractivity contribution in [2.24, 2.45) is 5.73 Å². The van der Waals surface area contributed by atoms with Crippen molar-refractivity contribution in [2.75, 3.05) is 32.7 Å². The lowest BCUT2D eigenvalue weighted by atomic mass is 10.0. The van der Waals surface area contributed by atoms with E-state index in [4.69, 9.17) is 5.73 Å². The highest BCUT2D eigenvalue weighted by Gasteiger charge is 2.23. The highest BCUT2D eigenvalue weighted by molar-refractivity contribution is 5.76. The number of unbranched alkanes of at least 4 members (excludes halogenated alkanes) is 2. The quantitative estimate of drug-likeness (QED) is 0.568. The fourth-order valence-corrected chi connectivity index (χ4v) is 3.51. The van der Waals surface area contributed by atoms with Gasteiger partial charge in [0.2, 0.25) is 5.91 Å². The Morgan fingerprint density at radius 1 is 1.11 bits per heavy atom. The van der Waals surface area contributed by atoms with Crippen molar-refractivity contribution >= 4 is 11.9 Å². The van der Waals surface area contributed by atoms with Crippen molar-refractivity contribution in [3.63, 3.8) is 0 Å². The van der Waals surface area contributed by atoms with Crippen LogP contribution in [0.4, 0.5) is 4.79 Å². The number of nitrogens with zero attached hydrogens (tertiary/aromatic N) is 1. The Bertz CT molecular complexity index is 593. The number of benzene rings is 1. The van der Waals surface area contributed by atoms with Gasteiger partial charge in [0.15, 0.2) is 0 Å². The molecule has 1 fully saturated rings. The molecule has 1 aliphatic heterocycles. The monoisotopic (exact) mass is 375 g/mol. The third kappa shape index (κ3) is 7.59. The first kappa shape index (κ1) is 21.2. The summed E-state index contributed by atoms with van der Waals surface area (Å²) >= 11 is 0. The highest BCUT2D eigenvalue weighted by Crippen LogP contribution is 2.14. The van der Waals surface area contributed by atoms with Crippen molar-refractivity contribution in [3.05, 3.63) is 35.4 Å². The molecule has 6 nitrogen and oxygen atoms in total. The van der Waals surface area contributed by atoms with E-state index in [1.54, 1.807) is 4.90 Å². The molecule has 0 unspecified atom stereocenters. The average molecular weight is 376 g/mol. The van der Waals surface area contributed by atoms with Crippen molar-refractivity contribution in [2.45, 2.75) is 52.0 Å². The first-order chi connectivity index (χ1) is 13.0. The smallest absolute Gasteiger partial charge is 0.312 e. The van der Waals surface area contributed by atoms with Crippen LogP contribution in [0.1, 0.15) is 56.6 Å². The largest absolute Gasteiger partial charge is 0.352 e. The maximum atomic E-state index is 12.3. The molecule has 1 aromatic rings. The Morgan fingerprint density at radius 2 is 1.78 bits per heavy atom. The standard InChI is InChI=1S/C21H34N4O2/c1-17(2)19-9-7-18(8-10-19)16-24-12-14-25(15-13-24)20(26)6-4-3-5-11-23-21(22)27/h7-10,17H,3-6,11-16H2,1-2H3,(H3,22,23,27)/p+1. The van der Waals surface area contributed by atoms with E-state index in [9.17, 15) is 9.59 Å². The van der Waals surface area contributed by atoms with E-state index in [-0.39, 0.29) is 5.91 Å². The molecule has 4 N–H and O–H groups in total. The molecule has 0 bridgehead atoms. The summed E-state index contributed by atoms with van der Waals surface area (Å²) in [4.78, 5) is 26.5. The summed E-state index contributed by atoms with van der Waals surface area (Å²) in [5.41, 5.74) is 7.78. The molecule has 0 aliphatic carbocycles. The highest BCUT2D eigenvalue weighted by atomic mass is 16.2. The molecule has 27 heavy (non-hydrogen) atoms. The molecule has 0 spiro atoms. The van der Waals surface area contributed by atoms with Crippen LogP contribution < -0.4 is 16.0 Å². The van der Waals surface area contributed by atoms with Gasteiger partial charge in [-0.25, -0.2) is 4.79 Å². The molecule has 0 aromatic heterocycles. The van der Waals surface area contributed by atoms with E-state index in [0.717, 1.165) is 52.0 Å². The van der Waals surface area contributed by atoms with Gasteiger partial charge in [0.25, 0.3) is 0 Å². The minimum absolute atomic E-state index is 0.262. The third-order valence-corrected chi connectivity index (χ3v) is 5.29. The lowest BCUT2D eigenvalue weighted by Crippen LogP contribution is -3.13. The zero-order valence-electron chi connectivity index (χ0n) is 16.8. The molecule has 150 valence electrons. The molecule has 0 atom stereocenters. The lowest BCUT2D eigenvalue weighted by molar-refractivity contribution is -0.917. The predicted octanol–water partition coefficient (Wildman–Crippen LogP) is 1.27. The molecular formula is C21H35N4O2+. The van der Waals surface area contributed by atoms with Crippen LogP contribution in [-0.2, 0) is 11.3 Å². The second kappa shape index (κ2) is 10.9. The second-order valence-corrected chi connectivity index (χ2v) is 7.81. The van der Waals surface area contributed by atoms with Gasteiger partial charge >= 0.3 is 6.03 Å². The van der Waals surface area contributed by atoms with Crippen LogP contribution in [0.15, 0.2) is 24.3 Å². The van der Waals surface area contributed by atoms with Gasteiger partial charge in [-0.3, -0.25) is 4.79 Å². The number of quaternary nitrogens is 1. The number of piperazine rings is 1. The Balaban J connectivity index is 1.62. The number of carbonyl (C=O) groups is 2. The van der Waals surface area contributed by atoms with Crippen molar-refractivity contribution < 1.29 is 14.5 Å². The number of nitrogens with one attached hydrogen (secondary N) is 2. The van der Waals surface area contributed by atoms with Gasteiger partial charge in [-0.15, -0.1) is 0 Å². The van der Waals surface area contributed by atoms with Crippen molar-refractivity contribution in [3.8, 4) is 0 Å². The minimum Gasteiger partial charge on any atom is -0.352 e. The summed E-state index contributed by atoms with van der Waals surface area (Å²) in [6.07, 6.45) is 3.27. The van der Waals surface area contributed by atoms with E-state index >= 15 is 0 Å². The Morgan fingerprint density at radius 3 is 2.37 bits per heavy atom. The summed E-state index contributed by atoms with van der Waals surface area (Å²) < 4.78 is 0. The topological polar surface area (TPSA) is 79.9 Å². The molecule has 0 saturated carbocycles. The molecule has 1 heterocycles. The minimum atomic E-state index is -0.484.